The normalized spacial score (nSPS) is 18.8. The minimum absolute atomic E-state index is 0.0689. The van der Waals surface area contributed by atoms with Gasteiger partial charge in [-0.15, -0.1) is 0 Å². The molecule has 0 amide bonds. The van der Waals surface area contributed by atoms with Gasteiger partial charge in [-0.25, -0.2) is 28.1 Å². The number of nitrogens with zero attached hydrogens (tertiary/aromatic N) is 6. The van der Waals surface area contributed by atoms with Crippen LogP contribution in [0, 0.1) is 0 Å². The van der Waals surface area contributed by atoms with Gasteiger partial charge < -0.3 is 0 Å². The highest BCUT2D eigenvalue weighted by Crippen LogP contribution is 2.44. The Bertz CT molecular complexity index is 1390. The molecule has 0 saturated heterocycles. The van der Waals surface area contributed by atoms with Crippen molar-refractivity contribution < 1.29 is 8.42 Å². The molecule has 2 aliphatic rings. The van der Waals surface area contributed by atoms with Crippen LogP contribution >= 0.6 is 0 Å². The lowest BCUT2D eigenvalue weighted by molar-refractivity contribution is 0.377. The molecule has 178 valence electrons. The van der Waals surface area contributed by atoms with Crippen LogP contribution in [0.2, 0.25) is 18.1 Å². The first-order valence-electron chi connectivity index (χ1n) is 10.7. The number of hydrogen-bond donors (Lipinski definition) is 0. The monoisotopic (exact) mass is 490 g/mol. The second kappa shape index (κ2) is 7.40. The van der Waals surface area contributed by atoms with Gasteiger partial charge in [0.05, 0.1) is 17.9 Å². The average Bonchev–Trinajstić information content (AvgIpc) is 3.24. The van der Waals surface area contributed by atoms with Gasteiger partial charge in [0.2, 0.25) is 0 Å². The van der Waals surface area contributed by atoms with E-state index in [1.54, 1.807) is 36.4 Å². The summed E-state index contributed by atoms with van der Waals surface area (Å²) in [6.45, 7) is 10.4. The van der Waals surface area contributed by atoms with E-state index in [1.807, 2.05) is 0 Å². The van der Waals surface area contributed by atoms with Crippen LogP contribution in [0.15, 0.2) is 56.7 Å². The van der Waals surface area contributed by atoms with Crippen molar-refractivity contribution in [2.75, 3.05) is 14.1 Å². The summed E-state index contributed by atoms with van der Waals surface area (Å²) in [4.78, 5) is 31.5. The van der Waals surface area contributed by atoms with Crippen molar-refractivity contribution in [3.8, 4) is 5.69 Å². The van der Waals surface area contributed by atoms with Crippen molar-refractivity contribution in [1.82, 2.24) is 22.5 Å². The van der Waals surface area contributed by atoms with Gasteiger partial charge >= 0.3 is 21.6 Å². The number of aliphatic imine (C=N–C) groups is 1. The first-order chi connectivity index (χ1) is 15.2. The van der Waals surface area contributed by atoms with E-state index < -0.39 is 35.8 Å². The minimum Gasteiger partial charge on any atom is -0.245 e. The molecule has 0 spiro atoms. The topological polar surface area (TPSA) is 102 Å². The maximum atomic E-state index is 13.5. The van der Waals surface area contributed by atoms with Crippen molar-refractivity contribution >= 4 is 23.7 Å². The number of benzene rings is 1. The molecule has 0 bridgehead atoms. The predicted molar refractivity (Wildman–Crippen MR) is 130 cm³/mol. The number of rotatable bonds is 4. The van der Waals surface area contributed by atoms with Gasteiger partial charge in [-0.2, -0.15) is 17.4 Å². The Morgan fingerprint density at radius 2 is 1.67 bits per heavy atom. The molecule has 0 fully saturated rings. The molecule has 4 rings (SSSR count). The minimum atomic E-state index is -3.92. The van der Waals surface area contributed by atoms with E-state index in [4.69, 9.17) is 4.99 Å². The summed E-state index contributed by atoms with van der Waals surface area (Å²) in [6, 6.07) is 8.68. The van der Waals surface area contributed by atoms with Gasteiger partial charge in [-0.3, -0.25) is 0 Å². The molecule has 33 heavy (non-hydrogen) atoms. The molecule has 0 saturated carbocycles. The quantitative estimate of drug-likeness (QED) is 0.610. The molecular formula is C21H30N6O4SSi. The molecule has 0 N–H and O–H groups in total. The summed E-state index contributed by atoms with van der Waals surface area (Å²) < 4.78 is 33.1. The molecular weight excluding hydrogens is 460 g/mol. The third kappa shape index (κ3) is 3.30. The lowest BCUT2D eigenvalue weighted by Crippen LogP contribution is -2.55. The predicted octanol–water partition coefficient (Wildman–Crippen LogP) is 1.76. The maximum Gasteiger partial charge on any atom is 0.354 e. The van der Waals surface area contributed by atoms with E-state index >= 15 is 0 Å². The Morgan fingerprint density at radius 3 is 2.21 bits per heavy atom. The molecule has 0 aliphatic carbocycles. The van der Waals surface area contributed by atoms with E-state index in [9.17, 15) is 18.0 Å². The van der Waals surface area contributed by atoms with E-state index in [-0.39, 0.29) is 11.6 Å². The number of hydrogen-bond acceptors (Lipinski definition) is 5. The molecule has 10 nitrogen and oxygen atoms in total. The van der Waals surface area contributed by atoms with Crippen molar-refractivity contribution in [2.24, 2.45) is 4.99 Å². The van der Waals surface area contributed by atoms with Crippen LogP contribution in [0.4, 0.5) is 0 Å². The van der Waals surface area contributed by atoms with Gasteiger partial charge in [0.25, 0.3) is 0 Å². The number of fused-ring (bicyclic) bond motifs is 3. The largest absolute Gasteiger partial charge is 0.354 e. The summed E-state index contributed by atoms with van der Waals surface area (Å²) in [6.07, 6.45) is 0.758. The number of para-hydroxylation sites is 1. The zero-order valence-corrected chi connectivity index (χ0v) is 21.8. The van der Waals surface area contributed by atoms with Crippen LogP contribution in [-0.2, 0) is 16.8 Å². The second-order valence-electron chi connectivity index (χ2n) is 10.0. The lowest BCUT2D eigenvalue weighted by Gasteiger charge is -2.40. The van der Waals surface area contributed by atoms with Crippen LogP contribution in [0.3, 0.4) is 0 Å². The molecule has 1 aromatic heterocycles. The Balaban J connectivity index is 1.98. The first-order valence-corrected chi connectivity index (χ1v) is 15.1. The summed E-state index contributed by atoms with van der Waals surface area (Å²) in [7, 11) is -3.44. The van der Waals surface area contributed by atoms with E-state index in [1.165, 1.54) is 27.8 Å². The molecule has 3 heterocycles. The van der Waals surface area contributed by atoms with Gasteiger partial charge in [0.1, 0.15) is 13.5 Å². The average molecular weight is 491 g/mol. The molecule has 1 atom stereocenters. The van der Waals surface area contributed by atoms with E-state index in [2.05, 4.69) is 33.9 Å². The van der Waals surface area contributed by atoms with Gasteiger partial charge in [0.15, 0.2) is 6.17 Å². The van der Waals surface area contributed by atoms with Crippen LogP contribution in [0.1, 0.15) is 26.9 Å². The van der Waals surface area contributed by atoms with E-state index in [0.717, 1.165) is 8.87 Å². The Hall–Kier alpha value is -2.70. The molecule has 2 aromatic rings. The molecule has 1 unspecified atom stereocenters. The zero-order chi connectivity index (χ0) is 24.5. The van der Waals surface area contributed by atoms with Crippen molar-refractivity contribution in [2.45, 2.75) is 51.6 Å². The van der Waals surface area contributed by atoms with Crippen LogP contribution < -0.4 is 11.4 Å². The summed E-state index contributed by atoms with van der Waals surface area (Å²) in [5, 5.41) is -0.208. The second-order valence-corrected chi connectivity index (χ2v) is 17.2. The fourth-order valence-electron chi connectivity index (χ4n) is 3.86. The van der Waals surface area contributed by atoms with Gasteiger partial charge in [-0.05, 0) is 23.2 Å². The molecule has 12 heteroatoms. The Morgan fingerprint density at radius 1 is 1.06 bits per heavy atom. The summed E-state index contributed by atoms with van der Waals surface area (Å²) >= 11 is 0. The van der Waals surface area contributed by atoms with Gasteiger partial charge in [-0.1, -0.05) is 52.1 Å². The molecule has 2 aliphatic heterocycles. The standard InChI is InChI=1S/C21H30N6O4SSi/c1-21(2,3)33(6,7)18-22-17-16(27(18)32(30,31)23(4)5)13-14-24-19(28)25(20(29)26(17)24)15-11-9-8-10-12-15/h8-13,17H,14H2,1-7H3. The van der Waals surface area contributed by atoms with Crippen LogP contribution in [0.5, 0.6) is 0 Å². The number of aromatic nitrogens is 3. The molecule has 1 aromatic carbocycles. The smallest absolute Gasteiger partial charge is 0.245 e. The SMILES string of the molecule is CN(C)S(=O)(=O)N1C2=CCn3c(=O)n(-c4ccccc4)c(=O)n3C2N=C1[Si](C)(C)C(C)(C)C. The highest BCUT2D eigenvalue weighted by atomic mass is 32.2. The van der Waals surface area contributed by atoms with Crippen molar-refractivity contribution in [1.29, 1.82) is 0 Å². The van der Waals surface area contributed by atoms with E-state index in [0.29, 0.717) is 16.8 Å². The van der Waals surface area contributed by atoms with Crippen molar-refractivity contribution in [3.05, 3.63) is 63.1 Å². The Kier molecular flexibility index (Phi) is 5.26. The lowest BCUT2D eigenvalue weighted by atomic mass is 10.2. The third-order valence-electron chi connectivity index (χ3n) is 6.84. The third-order valence-corrected chi connectivity index (χ3v) is 14.0. The van der Waals surface area contributed by atoms with Gasteiger partial charge in [0, 0.05) is 14.1 Å². The van der Waals surface area contributed by atoms with Crippen LogP contribution in [-0.4, -0.2) is 58.6 Å². The number of allylic oxidation sites excluding steroid dienone is 1. The fraction of sp³-hybridized carbons (Fsp3) is 0.476. The zero-order valence-electron chi connectivity index (χ0n) is 20.0. The summed E-state index contributed by atoms with van der Waals surface area (Å²) in [5.74, 6) is 0. The van der Waals surface area contributed by atoms with Crippen LogP contribution in [0.25, 0.3) is 5.69 Å². The highest BCUT2D eigenvalue weighted by Gasteiger charge is 2.53. The molecule has 0 radical (unpaired) electrons. The number of amidine groups is 1. The maximum absolute atomic E-state index is 13.5. The fourth-order valence-corrected chi connectivity index (χ4v) is 7.67. The highest BCUT2D eigenvalue weighted by molar-refractivity contribution is 7.87. The van der Waals surface area contributed by atoms with Crippen molar-refractivity contribution in [3.63, 3.8) is 0 Å². The Labute approximate surface area is 194 Å². The summed E-state index contributed by atoms with van der Waals surface area (Å²) in [5.41, 5.74) is 0.271. The first kappa shape index (κ1) is 23.5.